The fraction of sp³-hybridized carbons (Fsp3) is 0.0690. The highest BCUT2D eigenvalue weighted by atomic mass is 32.2. The molecule has 1 amide bonds. The minimum Gasteiger partial charge on any atom is -0.322 e. The maximum Gasteiger partial charge on any atom is 0.256 e. The SMILES string of the molecule is CSc1nc(-c2cc(NC(=O)c3ccc(F)c(C)c3)ccc2C#N)c2ccc(=O)n(-c3c(F)cccc3F)c2n1. The number of nitriles is 1. The fourth-order valence-corrected chi connectivity index (χ4v) is 4.58. The van der Waals surface area contributed by atoms with Crippen molar-refractivity contribution in [3.05, 3.63) is 111 Å². The topological polar surface area (TPSA) is 101 Å². The van der Waals surface area contributed by atoms with Crippen molar-refractivity contribution >= 4 is 34.4 Å². The molecule has 0 aliphatic rings. The van der Waals surface area contributed by atoms with Crippen LogP contribution in [0.15, 0.2) is 76.7 Å². The summed E-state index contributed by atoms with van der Waals surface area (Å²) >= 11 is 1.13. The van der Waals surface area contributed by atoms with E-state index in [4.69, 9.17) is 0 Å². The van der Waals surface area contributed by atoms with Crippen molar-refractivity contribution in [3.63, 3.8) is 0 Å². The molecule has 0 atom stereocenters. The number of benzene rings is 3. The van der Waals surface area contributed by atoms with E-state index in [0.29, 0.717) is 11.3 Å². The third kappa shape index (κ3) is 4.81. The van der Waals surface area contributed by atoms with Crippen LogP contribution in [-0.4, -0.2) is 26.7 Å². The number of carbonyl (C=O) groups excluding carboxylic acids is 1. The van der Waals surface area contributed by atoms with Gasteiger partial charge in [-0.05, 0) is 73.3 Å². The van der Waals surface area contributed by atoms with Gasteiger partial charge >= 0.3 is 0 Å². The summed E-state index contributed by atoms with van der Waals surface area (Å²) in [5, 5.41) is 13.0. The van der Waals surface area contributed by atoms with E-state index in [-0.39, 0.29) is 38.6 Å². The summed E-state index contributed by atoms with van der Waals surface area (Å²) in [6.45, 7) is 1.54. The molecule has 3 aromatic carbocycles. The molecule has 0 saturated heterocycles. The van der Waals surface area contributed by atoms with E-state index in [9.17, 15) is 28.0 Å². The zero-order valence-electron chi connectivity index (χ0n) is 21.0. The van der Waals surface area contributed by atoms with E-state index in [2.05, 4.69) is 21.4 Å². The molecule has 198 valence electrons. The van der Waals surface area contributed by atoms with Gasteiger partial charge in [0.25, 0.3) is 11.5 Å². The van der Waals surface area contributed by atoms with Gasteiger partial charge in [0, 0.05) is 28.3 Å². The van der Waals surface area contributed by atoms with E-state index in [1.807, 2.05) is 0 Å². The van der Waals surface area contributed by atoms with Crippen molar-refractivity contribution in [2.75, 3.05) is 11.6 Å². The molecule has 0 aliphatic carbocycles. The van der Waals surface area contributed by atoms with Crippen molar-refractivity contribution in [2.45, 2.75) is 12.1 Å². The third-order valence-electron chi connectivity index (χ3n) is 6.15. The Bertz CT molecular complexity index is 1910. The van der Waals surface area contributed by atoms with Crippen LogP contribution in [0, 0.1) is 35.7 Å². The maximum atomic E-state index is 14.8. The first kappa shape index (κ1) is 26.6. The minimum absolute atomic E-state index is 0.0639. The number of nitrogens with zero attached hydrogens (tertiary/aromatic N) is 4. The largest absolute Gasteiger partial charge is 0.322 e. The molecule has 7 nitrogen and oxygen atoms in total. The quantitative estimate of drug-likeness (QED) is 0.210. The molecular formula is C29H18F3N5O2S. The molecule has 40 heavy (non-hydrogen) atoms. The lowest BCUT2D eigenvalue weighted by molar-refractivity contribution is 0.102. The third-order valence-corrected chi connectivity index (χ3v) is 6.69. The molecule has 0 bridgehead atoms. The van der Waals surface area contributed by atoms with Gasteiger partial charge in [-0.25, -0.2) is 23.1 Å². The average molecular weight is 558 g/mol. The van der Waals surface area contributed by atoms with Gasteiger partial charge in [0.1, 0.15) is 23.1 Å². The number of thioether (sulfide) groups is 1. The second kappa shape index (κ2) is 10.7. The lowest BCUT2D eigenvalue weighted by Crippen LogP contribution is -2.21. The summed E-state index contributed by atoms with van der Waals surface area (Å²) in [5.41, 5.74) is 0.175. The molecule has 0 fully saturated rings. The van der Waals surface area contributed by atoms with Gasteiger partial charge < -0.3 is 5.32 Å². The Morgan fingerprint density at radius 3 is 2.40 bits per heavy atom. The van der Waals surface area contributed by atoms with Gasteiger partial charge in [0.15, 0.2) is 10.8 Å². The Morgan fingerprint density at radius 1 is 0.975 bits per heavy atom. The second-order valence-electron chi connectivity index (χ2n) is 8.66. The zero-order chi connectivity index (χ0) is 28.6. The van der Waals surface area contributed by atoms with E-state index < -0.39 is 34.6 Å². The predicted octanol–water partition coefficient (Wildman–Crippen LogP) is 6.02. The number of anilines is 1. The predicted molar refractivity (Wildman–Crippen MR) is 146 cm³/mol. The number of fused-ring (bicyclic) bond motifs is 1. The van der Waals surface area contributed by atoms with Gasteiger partial charge in [-0.3, -0.25) is 14.2 Å². The highest BCUT2D eigenvalue weighted by Gasteiger charge is 2.21. The lowest BCUT2D eigenvalue weighted by atomic mass is 10.0. The molecular weight excluding hydrogens is 539 g/mol. The number of aromatic nitrogens is 3. The monoisotopic (exact) mass is 557 g/mol. The number of pyridine rings is 1. The molecule has 0 spiro atoms. The van der Waals surface area contributed by atoms with Gasteiger partial charge in [-0.15, -0.1) is 0 Å². The Kier molecular flexibility index (Phi) is 7.11. The lowest BCUT2D eigenvalue weighted by Gasteiger charge is -2.15. The minimum atomic E-state index is -0.959. The van der Waals surface area contributed by atoms with Gasteiger partial charge in [-0.2, -0.15) is 5.26 Å². The number of rotatable bonds is 5. The van der Waals surface area contributed by atoms with Crippen LogP contribution in [0.25, 0.3) is 28.0 Å². The van der Waals surface area contributed by atoms with Gasteiger partial charge in [0.2, 0.25) is 0 Å². The highest BCUT2D eigenvalue weighted by molar-refractivity contribution is 7.98. The van der Waals surface area contributed by atoms with Crippen LogP contribution in [-0.2, 0) is 0 Å². The van der Waals surface area contributed by atoms with Crippen LogP contribution in [0.1, 0.15) is 21.5 Å². The Hall–Kier alpha value is -4.95. The Morgan fingerprint density at radius 2 is 1.73 bits per heavy atom. The van der Waals surface area contributed by atoms with Crippen molar-refractivity contribution in [1.82, 2.24) is 14.5 Å². The molecule has 5 rings (SSSR count). The number of hydrogen-bond donors (Lipinski definition) is 1. The number of aryl methyl sites for hydroxylation is 1. The summed E-state index contributed by atoms with van der Waals surface area (Å²) < 4.78 is 44.1. The van der Waals surface area contributed by atoms with Crippen LogP contribution in [0.3, 0.4) is 0 Å². The average Bonchev–Trinajstić information content (AvgIpc) is 2.94. The van der Waals surface area contributed by atoms with Crippen LogP contribution < -0.4 is 10.9 Å². The highest BCUT2D eigenvalue weighted by Crippen LogP contribution is 2.33. The first-order valence-electron chi connectivity index (χ1n) is 11.8. The van der Waals surface area contributed by atoms with E-state index >= 15 is 0 Å². The number of hydrogen-bond acceptors (Lipinski definition) is 6. The number of nitrogens with one attached hydrogen (secondary N) is 1. The molecule has 5 aromatic rings. The van der Waals surface area contributed by atoms with Crippen LogP contribution in [0.4, 0.5) is 18.9 Å². The summed E-state index contributed by atoms with van der Waals surface area (Å²) in [6.07, 6.45) is 1.69. The van der Waals surface area contributed by atoms with Gasteiger partial charge in [-0.1, -0.05) is 17.8 Å². The van der Waals surface area contributed by atoms with Crippen molar-refractivity contribution in [2.24, 2.45) is 0 Å². The Labute approximate surface area is 229 Å². The van der Waals surface area contributed by atoms with Crippen LogP contribution in [0.5, 0.6) is 0 Å². The number of carbonyl (C=O) groups is 1. The molecule has 2 heterocycles. The standard InChI is InChI=1S/C29H18F3N5O2S/c1-15-12-16(7-10-21(15)30)28(39)34-18-8-6-17(14-33)20(13-18)25-19-9-11-24(38)37(27(19)36-29(35-25)40-2)26-22(31)4-3-5-23(26)32/h3-13H,1-2H3,(H,34,39). The van der Waals surface area contributed by atoms with Gasteiger partial charge in [0.05, 0.1) is 17.3 Å². The molecule has 0 radical (unpaired) electrons. The smallest absolute Gasteiger partial charge is 0.256 e. The summed E-state index contributed by atoms with van der Waals surface area (Å²) in [7, 11) is 0. The molecule has 2 aromatic heterocycles. The number of amides is 1. The summed E-state index contributed by atoms with van der Waals surface area (Å²) in [5.74, 6) is -2.86. The maximum absolute atomic E-state index is 14.8. The van der Waals surface area contributed by atoms with Crippen LogP contribution in [0.2, 0.25) is 0 Å². The molecule has 1 N–H and O–H groups in total. The van der Waals surface area contributed by atoms with Crippen LogP contribution >= 0.6 is 11.8 Å². The molecule has 0 saturated carbocycles. The first-order chi connectivity index (χ1) is 19.2. The molecule has 0 unspecified atom stereocenters. The number of para-hydroxylation sites is 1. The summed E-state index contributed by atoms with van der Waals surface area (Å²) in [6, 6.07) is 16.4. The first-order valence-corrected chi connectivity index (χ1v) is 13.0. The molecule has 11 heteroatoms. The normalized spacial score (nSPS) is 10.9. The Balaban J connectivity index is 1.71. The van der Waals surface area contributed by atoms with E-state index in [0.717, 1.165) is 34.5 Å². The van der Waals surface area contributed by atoms with Crippen molar-refractivity contribution in [1.29, 1.82) is 5.26 Å². The zero-order valence-corrected chi connectivity index (χ0v) is 21.8. The molecule has 0 aliphatic heterocycles. The number of halogens is 3. The van der Waals surface area contributed by atoms with Crippen molar-refractivity contribution < 1.29 is 18.0 Å². The van der Waals surface area contributed by atoms with E-state index in [1.165, 1.54) is 48.5 Å². The second-order valence-corrected chi connectivity index (χ2v) is 9.44. The van der Waals surface area contributed by atoms with E-state index in [1.54, 1.807) is 13.2 Å². The summed E-state index contributed by atoms with van der Waals surface area (Å²) in [4.78, 5) is 34.7. The fourth-order valence-electron chi connectivity index (χ4n) is 4.21. The van der Waals surface area contributed by atoms with Crippen molar-refractivity contribution in [3.8, 4) is 23.0 Å².